The molecule has 0 aliphatic carbocycles. The number of rotatable bonds is 9. The monoisotopic (exact) mass is 750 g/mol. The van der Waals surface area contributed by atoms with Crippen molar-refractivity contribution >= 4 is 44.1 Å². The molecule has 0 bridgehead atoms. The topological polar surface area (TPSA) is 145 Å². The molecule has 13 heteroatoms. The van der Waals surface area contributed by atoms with Crippen molar-refractivity contribution in [1.29, 1.82) is 0 Å². The zero-order valence-corrected chi connectivity index (χ0v) is 30.8. The second-order valence-corrected chi connectivity index (χ2v) is 15.1. The number of benzene rings is 3. The summed E-state index contributed by atoms with van der Waals surface area (Å²) >= 11 is 3.63. The van der Waals surface area contributed by atoms with Crippen molar-refractivity contribution in [3.05, 3.63) is 116 Å². The fourth-order valence-corrected chi connectivity index (χ4v) is 9.76. The summed E-state index contributed by atoms with van der Waals surface area (Å²) in [5, 5.41) is 2.49. The highest BCUT2D eigenvalue weighted by Crippen LogP contribution is 2.50. The number of aromatic amines is 3. The SMILES string of the molecule is COC(=O)NCC(=O)N1CCC[C@H]1c1ncc(-c2ccc(-c3c(-c4ccc(-c5c[nH]cn5)cc4)sc4cc(-c5ccc(-c6cnc[nH]6)cc5)sc34)cc2)[nH]1. The zero-order chi connectivity index (χ0) is 36.6. The van der Waals surface area contributed by atoms with Gasteiger partial charge in [0.1, 0.15) is 12.4 Å². The van der Waals surface area contributed by atoms with Crippen molar-refractivity contribution in [2.24, 2.45) is 0 Å². The first-order chi connectivity index (χ1) is 26.5. The molecule has 1 saturated heterocycles. The van der Waals surface area contributed by atoms with Crippen molar-refractivity contribution in [3.63, 3.8) is 0 Å². The van der Waals surface area contributed by atoms with Crippen LogP contribution in [-0.2, 0) is 9.53 Å². The predicted molar refractivity (Wildman–Crippen MR) is 213 cm³/mol. The van der Waals surface area contributed by atoms with E-state index in [0.29, 0.717) is 6.54 Å². The zero-order valence-electron chi connectivity index (χ0n) is 29.1. The molecule has 1 atom stereocenters. The molecule has 6 heterocycles. The van der Waals surface area contributed by atoms with Gasteiger partial charge in [-0.3, -0.25) is 4.79 Å². The quantitative estimate of drug-likeness (QED) is 0.116. The van der Waals surface area contributed by atoms with E-state index >= 15 is 0 Å². The lowest BCUT2D eigenvalue weighted by atomic mass is 9.99. The molecule has 0 saturated carbocycles. The van der Waals surface area contributed by atoms with Crippen LogP contribution in [0.3, 0.4) is 0 Å². The van der Waals surface area contributed by atoms with Crippen LogP contribution in [0.2, 0.25) is 0 Å². The number of nitrogens with one attached hydrogen (secondary N) is 4. The Balaban J connectivity index is 1.03. The number of thiophene rings is 2. The first-order valence-corrected chi connectivity index (χ1v) is 19.2. The molecule has 0 radical (unpaired) electrons. The number of likely N-dealkylation sites (tertiary alicyclic amines) is 1. The maximum atomic E-state index is 12.9. The maximum absolute atomic E-state index is 12.9. The summed E-state index contributed by atoms with van der Waals surface area (Å²) in [5.74, 6) is 0.573. The molecule has 2 amide bonds. The molecule has 11 nitrogen and oxygen atoms in total. The summed E-state index contributed by atoms with van der Waals surface area (Å²) in [6.45, 7) is 0.496. The summed E-state index contributed by atoms with van der Waals surface area (Å²) < 4.78 is 7.11. The number of ether oxygens (including phenoxy) is 1. The predicted octanol–water partition coefficient (Wildman–Crippen LogP) is 9.15. The lowest BCUT2D eigenvalue weighted by Gasteiger charge is -2.23. The van der Waals surface area contributed by atoms with Gasteiger partial charge in [0.25, 0.3) is 0 Å². The number of H-pyrrole nitrogens is 3. The molecule has 1 aliphatic rings. The Bertz CT molecular complexity index is 2550. The molecule has 3 aromatic carbocycles. The molecule has 268 valence electrons. The van der Waals surface area contributed by atoms with Crippen molar-refractivity contribution in [2.45, 2.75) is 18.9 Å². The highest BCUT2D eigenvalue weighted by Gasteiger charge is 2.32. The number of alkyl carbamates (subject to hydrolysis) is 1. The Labute approximate surface area is 318 Å². The lowest BCUT2D eigenvalue weighted by Crippen LogP contribution is -2.40. The molecule has 8 aromatic rings. The number of methoxy groups -OCH3 is 1. The number of aromatic nitrogens is 6. The van der Waals surface area contributed by atoms with Gasteiger partial charge >= 0.3 is 6.09 Å². The number of hydrogen-bond acceptors (Lipinski definition) is 8. The van der Waals surface area contributed by atoms with E-state index in [9.17, 15) is 9.59 Å². The maximum Gasteiger partial charge on any atom is 0.407 e. The van der Waals surface area contributed by atoms with Crippen LogP contribution >= 0.6 is 22.7 Å². The number of carbonyl (C=O) groups excluding carboxylic acids is 2. The van der Waals surface area contributed by atoms with E-state index in [4.69, 9.17) is 4.98 Å². The normalized spacial score (nSPS) is 14.2. The lowest BCUT2D eigenvalue weighted by molar-refractivity contribution is -0.131. The number of carbonyl (C=O) groups is 2. The van der Waals surface area contributed by atoms with Gasteiger partial charge in [-0.05, 0) is 46.7 Å². The summed E-state index contributed by atoms with van der Waals surface area (Å²) in [6, 6.07) is 28.0. The van der Waals surface area contributed by atoms with Gasteiger partial charge in [-0.1, -0.05) is 72.8 Å². The Hall–Kier alpha value is -6.31. The number of amides is 2. The molecular weight excluding hydrogens is 717 g/mol. The van der Waals surface area contributed by atoms with Crippen LogP contribution < -0.4 is 5.32 Å². The van der Waals surface area contributed by atoms with Gasteiger partial charge < -0.3 is 29.9 Å². The van der Waals surface area contributed by atoms with E-state index < -0.39 is 6.09 Å². The summed E-state index contributed by atoms with van der Waals surface area (Å²) in [5.41, 5.74) is 10.6. The highest BCUT2D eigenvalue weighted by molar-refractivity contribution is 7.32. The fraction of sp³-hybridized carbons (Fsp3) is 0.146. The molecule has 1 fully saturated rings. The molecule has 0 unspecified atom stereocenters. The van der Waals surface area contributed by atoms with Gasteiger partial charge in [-0.15, -0.1) is 22.7 Å². The third-order valence-corrected chi connectivity index (χ3v) is 12.3. The van der Waals surface area contributed by atoms with E-state index in [1.54, 1.807) is 17.6 Å². The van der Waals surface area contributed by atoms with E-state index in [1.807, 2.05) is 41.3 Å². The number of nitrogens with zero attached hydrogens (tertiary/aromatic N) is 4. The van der Waals surface area contributed by atoms with Crippen LogP contribution in [0.25, 0.3) is 75.2 Å². The average molecular weight is 751 g/mol. The largest absolute Gasteiger partial charge is 0.453 e. The molecule has 54 heavy (non-hydrogen) atoms. The fourth-order valence-electron chi connectivity index (χ4n) is 7.07. The smallest absolute Gasteiger partial charge is 0.407 e. The summed E-state index contributed by atoms with van der Waals surface area (Å²) in [6.07, 6.45) is 10.0. The number of hydrogen-bond donors (Lipinski definition) is 4. The minimum absolute atomic E-state index is 0.117. The van der Waals surface area contributed by atoms with Crippen molar-refractivity contribution < 1.29 is 14.3 Å². The number of fused-ring (bicyclic) bond motifs is 1. The van der Waals surface area contributed by atoms with Crippen LogP contribution in [0.1, 0.15) is 24.7 Å². The van der Waals surface area contributed by atoms with Gasteiger partial charge in [-0.25, -0.2) is 19.7 Å². The first kappa shape index (κ1) is 33.5. The van der Waals surface area contributed by atoms with E-state index in [1.165, 1.54) is 37.4 Å². The molecule has 9 rings (SSSR count). The Kier molecular flexibility index (Phi) is 8.85. The van der Waals surface area contributed by atoms with E-state index in [2.05, 4.69) is 114 Å². The van der Waals surface area contributed by atoms with Crippen molar-refractivity contribution in [2.75, 3.05) is 20.2 Å². The molecule has 1 aliphatic heterocycles. The average Bonchev–Trinajstić information content (AvgIpc) is 4.07. The second kappa shape index (κ2) is 14.3. The molecule has 5 aromatic heterocycles. The minimum Gasteiger partial charge on any atom is -0.453 e. The molecular formula is C41H34N8O3S2. The van der Waals surface area contributed by atoms with Crippen LogP contribution in [0.4, 0.5) is 4.79 Å². The standard InChI is InChI=1S/C41H34N8O3S2/c1-52-41(51)45-21-36(50)49-16-2-3-33(49)40-44-20-32(48-40)26-6-12-28(13-7-26)37-38(29-14-8-25(9-15-29)31-19-43-23-47-31)54-35-17-34(53-39(35)37)27-10-4-24(5-11-27)30-18-42-22-46-30/h4-15,17-20,22-23,33H,2-3,16,21H2,1H3,(H,42,46)(H,43,47)(H,44,48)(H,45,51)/t33-/m0/s1. The van der Waals surface area contributed by atoms with Gasteiger partial charge in [0, 0.05) is 38.3 Å². The third-order valence-electron chi connectivity index (χ3n) is 9.82. The van der Waals surface area contributed by atoms with Crippen molar-refractivity contribution in [3.8, 4) is 65.8 Å². The van der Waals surface area contributed by atoms with Gasteiger partial charge in [0.05, 0.1) is 60.0 Å². The Morgan fingerprint density at radius 2 is 1.57 bits per heavy atom. The highest BCUT2D eigenvalue weighted by atomic mass is 32.1. The number of imidazole rings is 3. The van der Waals surface area contributed by atoms with Crippen LogP contribution in [0, 0.1) is 0 Å². The third kappa shape index (κ3) is 6.37. The van der Waals surface area contributed by atoms with Crippen molar-refractivity contribution in [1.82, 2.24) is 40.1 Å². The molecule has 0 spiro atoms. The second-order valence-electron chi connectivity index (χ2n) is 13.0. The van der Waals surface area contributed by atoms with Gasteiger partial charge in [0.15, 0.2) is 0 Å². The summed E-state index contributed by atoms with van der Waals surface area (Å²) in [4.78, 5) is 51.6. The van der Waals surface area contributed by atoms with Crippen LogP contribution in [-0.4, -0.2) is 67.0 Å². The first-order valence-electron chi connectivity index (χ1n) is 17.5. The van der Waals surface area contributed by atoms with Crippen LogP contribution in [0.15, 0.2) is 110 Å². The van der Waals surface area contributed by atoms with E-state index in [-0.39, 0.29) is 18.5 Å². The Morgan fingerprint density at radius 1 is 0.852 bits per heavy atom. The summed E-state index contributed by atoms with van der Waals surface area (Å²) in [7, 11) is 1.28. The Morgan fingerprint density at radius 3 is 2.30 bits per heavy atom. The molecule has 4 N–H and O–H groups in total. The van der Waals surface area contributed by atoms with Gasteiger partial charge in [0.2, 0.25) is 5.91 Å². The van der Waals surface area contributed by atoms with E-state index in [0.717, 1.165) is 63.6 Å². The van der Waals surface area contributed by atoms with Gasteiger partial charge in [-0.2, -0.15) is 0 Å². The van der Waals surface area contributed by atoms with Crippen LogP contribution in [0.5, 0.6) is 0 Å². The minimum atomic E-state index is -0.628.